The van der Waals surface area contributed by atoms with E-state index in [1.807, 2.05) is 25.1 Å². The van der Waals surface area contributed by atoms with Gasteiger partial charge in [0.2, 0.25) is 5.91 Å². The molecule has 0 aromatic heterocycles. The van der Waals surface area contributed by atoms with E-state index in [4.69, 9.17) is 0 Å². The molecule has 0 spiro atoms. The van der Waals surface area contributed by atoms with E-state index in [2.05, 4.69) is 16.1 Å². The highest BCUT2D eigenvalue weighted by Gasteiger charge is 2.13. The number of amides is 1. The standard InChI is InChI=1S/C22H22N2O3S/c1-17-7-5-8-18(15-17)13-14-22(25)23-19-9-6-10-20(16-19)24-28(26,27)21-11-3-2-4-12-21/h2-12,15-16,24H,13-14H2,1H3,(H,23,25). The van der Waals surface area contributed by atoms with Crippen molar-refractivity contribution in [3.05, 3.63) is 90.0 Å². The van der Waals surface area contributed by atoms with Crippen LogP contribution in [0, 0.1) is 6.92 Å². The summed E-state index contributed by atoms with van der Waals surface area (Å²) in [5.74, 6) is -0.121. The zero-order chi connectivity index (χ0) is 20.0. The van der Waals surface area contributed by atoms with Crippen LogP contribution in [0.1, 0.15) is 17.5 Å². The van der Waals surface area contributed by atoms with Crippen molar-refractivity contribution < 1.29 is 13.2 Å². The molecule has 6 heteroatoms. The minimum Gasteiger partial charge on any atom is -0.326 e. The quantitative estimate of drug-likeness (QED) is 0.625. The first-order chi connectivity index (χ1) is 13.4. The van der Waals surface area contributed by atoms with E-state index in [0.29, 0.717) is 24.2 Å². The number of carbonyl (C=O) groups is 1. The molecule has 0 aliphatic heterocycles. The number of rotatable bonds is 7. The van der Waals surface area contributed by atoms with E-state index in [9.17, 15) is 13.2 Å². The summed E-state index contributed by atoms with van der Waals surface area (Å²) in [6, 6.07) is 22.9. The van der Waals surface area contributed by atoms with Crippen LogP contribution >= 0.6 is 0 Å². The van der Waals surface area contributed by atoms with Crippen molar-refractivity contribution in [2.45, 2.75) is 24.7 Å². The number of benzene rings is 3. The second-order valence-electron chi connectivity index (χ2n) is 6.54. The van der Waals surface area contributed by atoms with Crippen LogP contribution in [0.15, 0.2) is 83.8 Å². The molecule has 0 unspecified atom stereocenters. The van der Waals surface area contributed by atoms with Gasteiger partial charge >= 0.3 is 0 Å². The molecular formula is C22H22N2O3S. The van der Waals surface area contributed by atoms with Gasteiger partial charge in [-0.05, 0) is 49.2 Å². The molecular weight excluding hydrogens is 372 g/mol. The molecule has 28 heavy (non-hydrogen) atoms. The first kappa shape index (κ1) is 19.6. The summed E-state index contributed by atoms with van der Waals surface area (Å²) in [4.78, 5) is 12.4. The van der Waals surface area contributed by atoms with Crippen molar-refractivity contribution in [3.63, 3.8) is 0 Å². The van der Waals surface area contributed by atoms with Crippen LogP contribution in [0.25, 0.3) is 0 Å². The third kappa shape index (κ3) is 5.44. The van der Waals surface area contributed by atoms with Crippen LogP contribution in [0.5, 0.6) is 0 Å². The number of nitrogens with one attached hydrogen (secondary N) is 2. The topological polar surface area (TPSA) is 75.3 Å². The van der Waals surface area contributed by atoms with Crippen molar-refractivity contribution in [3.8, 4) is 0 Å². The van der Waals surface area contributed by atoms with Gasteiger partial charge in [-0.3, -0.25) is 9.52 Å². The lowest BCUT2D eigenvalue weighted by molar-refractivity contribution is -0.116. The minimum atomic E-state index is -3.67. The number of hydrogen-bond acceptors (Lipinski definition) is 3. The van der Waals surface area contributed by atoms with Gasteiger partial charge in [0, 0.05) is 12.1 Å². The van der Waals surface area contributed by atoms with Gasteiger partial charge < -0.3 is 5.32 Å². The highest BCUT2D eigenvalue weighted by Crippen LogP contribution is 2.20. The van der Waals surface area contributed by atoms with E-state index < -0.39 is 10.0 Å². The maximum atomic E-state index is 12.4. The van der Waals surface area contributed by atoms with Crippen LogP contribution in [-0.2, 0) is 21.2 Å². The fourth-order valence-electron chi connectivity index (χ4n) is 2.82. The molecule has 3 aromatic rings. The summed E-state index contributed by atoms with van der Waals surface area (Å²) in [7, 11) is -3.67. The molecule has 0 saturated heterocycles. The Balaban J connectivity index is 1.62. The van der Waals surface area contributed by atoms with Crippen LogP contribution < -0.4 is 10.0 Å². The van der Waals surface area contributed by atoms with Crippen molar-refractivity contribution in [2.75, 3.05) is 10.0 Å². The Hall–Kier alpha value is -3.12. The molecule has 0 atom stereocenters. The van der Waals surface area contributed by atoms with Crippen LogP contribution in [-0.4, -0.2) is 14.3 Å². The molecule has 144 valence electrons. The minimum absolute atomic E-state index is 0.121. The molecule has 5 nitrogen and oxygen atoms in total. The first-order valence-electron chi connectivity index (χ1n) is 8.96. The molecule has 0 aliphatic carbocycles. The average Bonchev–Trinajstić information content (AvgIpc) is 2.67. The third-order valence-corrected chi connectivity index (χ3v) is 5.57. The van der Waals surface area contributed by atoms with Gasteiger partial charge in [-0.2, -0.15) is 0 Å². The molecule has 3 aromatic carbocycles. The SMILES string of the molecule is Cc1cccc(CCC(=O)Nc2cccc(NS(=O)(=O)c3ccccc3)c2)c1. The molecule has 0 heterocycles. The van der Waals surface area contributed by atoms with Gasteiger partial charge in [-0.15, -0.1) is 0 Å². The monoisotopic (exact) mass is 394 g/mol. The smallest absolute Gasteiger partial charge is 0.261 e. The van der Waals surface area contributed by atoms with E-state index in [-0.39, 0.29) is 10.8 Å². The van der Waals surface area contributed by atoms with E-state index in [0.717, 1.165) is 11.1 Å². The Morgan fingerprint density at radius 1 is 0.857 bits per heavy atom. The summed E-state index contributed by atoms with van der Waals surface area (Å²) in [6.45, 7) is 2.02. The van der Waals surface area contributed by atoms with E-state index in [1.165, 1.54) is 12.1 Å². The Morgan fingerprint density at radius 2 is 1.57 bits per heavy atom. The Labute approximate surface area is 165 Å². The Bertz CT molecular complexity index is 1060. The number of carbonyl (C=O) groups excluding carboxylic acids is 1. The number of aryl methyl sites for hydroxylation is 2. The predicted octanol–water partition coefficient (Wildman–Crippen LogP) is 4.37. The van der Waals surface area contributed by atoms with Gasteiger partial charge in [0.15, 0.2) is 0 Å². The van der Waals surface area contributed by atoms with E-state index in [1.54, 1.807) is 42.5 Å². The van der Waals surface area contributed by atoms with Crippen molar-refractivity contribution in [1.82, 2.24) is 0 Å². The fourth-order valence-corrected chi connectivity index (χ4v) is 3.89. The first-order valence-corrected chi connectivity index (χ1v) is 10.4. The summed E-state index contributed by atoms with van der Waals surface area (Å²) < 4.78 is 27.4. The second kappa shape index (κ2) is 8.71. The predicted molar refractivity (Wildman–Crippen MR) is 112 cm³/mol. The van der Waals surface area contributed by atoms with Gasteiger partial charge in [-0.1, -0.05) is 54.1 Å². The lowest BCUT2D eigenvalue weighted by atomic mass is 10.1. The van der Waals surface area contributed by atoms with Crippen molar-refractivity contribution >= 4 is 27.3 Å². The zero-order valence-electron chi connectivity index (χ0n) is 15.6. The Kier molecular flexibility index (Phi) is 6.11. The third-order valence-electron chi connectivity index (χ3n) is 4.18. The molecule has 0 aliphatic rings. The normalized spacial score (nSPS) is 11.0. The Morgan fingerprint density at radius 3 is 2.32 bits per heavy atom. The maximum absolute atomic E-state index is 12.4. The lowest BCUT2D eigenvalue weighted by Gasteiger charge is -2.10. The maximum Gasteiger partial charge on any atom is 0.261 e. The van der Waals surface area contributed by atoms with Crippen molar-refractivity contribution in [2.24, 2.45) is 0 Å². The van der Waals surface area contributed by atoms with Crippen molar-refractivity contribution in [1.29, 1.82) is 0 Å². The number of hydrogen-bond donors (Lipinski definition) is 2. The molecule has 1 amide bonds. The number of anilines is 2. The highest BCUT2D eigenvalue weighted by atomic mass is 32.2. The average molecular weight is 394 g/mol. The van der Waals surface area contributed by atoms with Crippen LogP contribution in [0.4, 0.5) is 11.4 Å². The highest BCUT2D eigenvalue weighted by molar-refractivity contribution is 7.92. The molecule has 0 saturated carbocycles. The van der Waals surface area contributed by atoms with Gasteiger partial charge in [-0.25, -0.2) is 8.42 Å². The van der Waals surface area contributed by atoms with Gasteiger partial charge in [0.05, 0.1) is 10.6 Å². The zero-order valence-corrected chi connectivity index (χ0v) is 16.4. The second-order valence-corrected chi connectivity index (χ2v) is 8.22. The van der Waals surface area contributed by atoms with Crippen LogP contribution in [0.2, 0.25) is 0 Å². The van der Waals surface area contributed by atoms with E-state index >= 15 is 0 Å². The largest absolute Gasteiger partial charge is 0.326 e. The molecule has 2 N–H and O–H groups in total. The van der Waals surface area contributed by atoms with Gasteiger partial charge in [0.1, 0.15) is 0 Å². The summed E-state index contributed by atoms with van der Waals surface area (Å²) >= 11 is 0. The van der Waals surface area contributed by atoms with Crippen LogP contribution in [0.3, 0.4) is 0 Å². The van der Waals surface area contributed by atoms with Gasteiger partial charge in [0.25, 0.3) is 10.0 Å². The summed E-state index contributed by atoms with van der Waals surface area (Å²) in [6.07, 6.45) is 0.997. The molecule has 3 rings (SSSR count). The molecule has 0 fully saturated rings. The fraction of sp³-hybridized carbons (Fsp3) is 0.136. The summed E-state index contributed by atoms with van der Waals surface area (Å²) in [5.41, 5.74) is 3.21. The summed E-state index contributed by atoms with van der Waals surface area (Å²) in [5, 5.41) is 2.82. The molecule has 0 radical (unpaired) electrons. The molecule has 0 bridgehead atoms. The number of sulfonamides is 1. The lowest BCUT2D eigenvalue weighted by Crippen LogP contribution is -2.14.